The lowest BCUT2D eigenvalue weighted by atomic mass is 10.0. The van der Waals surface area contributed by atoms with Crippen molar-refractivity contribution in [2.75, 3.05) is 13.2 Å². The first-order valence-electron chi connectivity index (χ1n) is 10.7. The molecule has 1 aliphatic rings. The molecule has 0 aliphatic carbocycles. The molecule has 35 heavy (non-hydrogen) atoms. The molecular formula is C23H22F8O4. The minimum atomic E-state index is -5.22. The second kappa shape index (κ2) is 11.0. The van der Waals surface area contributed by atoms with E-state index in [1.54, 1.807) is 0 Å². The third kappa shape index (κ3) is 7.20. The van der Waals surface area contributed by atoms with Gasteiger partial charge in [0.05, 0.1) is 13.2 Å². The zero-order valence-corrected chi connectivity index (χ0v) is 18.4. The maximum Gasteiger partial charge on any atom is 0.573 e. The van der Waals surface area contributed by atoms with Crippen molar-refractivity contribution >= 4 is 0 Å². The number of hydrogen-bond donors (Lipinski definition) is 0. The van der Waals surface area contributed by atoms with Crippen LogP contribution in [-0.2, 0) is 15.6 Å². The van der Waals surface area contributed by atoms with E-state index >= 15 is 0 Å². The Morgan fingerprint density at radius 2 is 1.49 bits per heavy atom. The van der Waals surface area contributed by atoms with Gasteiger partial charge in [0, 0.05) is 17.5 Å². The summed E-state index contributed by atoms with van der Waals surface area (Å²) in [7, 11) is 0. The van der Waals surface area contributed by atoms with Crippen LogP contribution in [0.25, 0.3) is 0 Å². The van der Waals surface area contributed by atoms with Gasteiger partial charge in [-0.1, -0.05) is 26.2 Å². The third-order valence-electron chi connectivity index (χ3n) is 5.19. The molecule has 0 aromatic heterocycles. The highest BCUT2D eigenvalue weighted by Gasteiger charge is 2.42. The first-order chi connectivity index (χ1) is 16.4. The van der Waals surface area contributed by atoms with Gasteiger partial charge in [-0.15, -0.1) is 13.2 Å². The highest BCUT2D eigenvalue weighted by atomic mass is 19.4. The molecule has 2 aromatic carbocycles. The summed E-state index contributed by atoms with van der Waals surface area (Å²) in [5.74, 6) is -7.21. The Bertz CT molecular complexity index is 980. The van der Waals surface area contributed by atoms with E-state index in [9.17, 15) is 35.1 Å². The fraction of sp³-hybridized carbons (Fsp3) is 0.478. The molecule has 2 aromatic rings. The van der Waals surface area contributed by atoms with E-state index in [2.05, 4.69) is 16.4 Å². The normalized spacial score (nSPS) is 19.0. The van der Waals surface area contributed by atoms with Crippen LogP contribution in [0.3, 0.4) is 0 Å². The number of unbranched alkanes of at least 4 members (excludes halogenated alkanes) is 2. The predicted molar refractivity (Wildman–Crippen MR) is 106 cm³/mol. The van der Waals surface area contributed by atoms with Crippen LogP contribution in [-0.4, -0.2) is 19.6 Å². The van der Waals surface area contributed by atoms with Crippen LogP contribution < -0.4 is 9.47 Å². The molecule has 1 heterocycles. The Hall–Kier alpha value is -2.60. The Labute approximate surface area is 195 Å². The third-order valence-corrected chi connectivity index (χ3v) is 5.19. The molecule has 0 bridgehead atoms. The summed E-state index contributed by atoms with van der Waals surface area (Å²) in [6.07, 6.45) is -7.08. The lowest BCUT2D eigenvalue weighted by Gasteiger charge is -2.30. The maximum atomic E-state index is 14.5. The topological polar surface area (TPSA) is 36.9 Å². The molecule has 1 fully saturated rings. The predicted octanol–water partition coefficient (Wildman–Crippen LogP) is 7.37. The molecule has 4 nitrogen and oxygen atoms in total. The average molecular weight is 514 g/mol. The minimum absolute atomic E-state index is 0.109. The van der Waals surface area contributed by atoms with Gasteiger partial charge in [-0.05, 0) is 30.7 Å². The van der Waals surface area contributed by atoms with Gasteiger partial charge < -0.3 is 18.9 Å². The van der Waals surface area contributed by atoms with E-state index in [0.29, 0.717) is 24.3 Å². The van der Waals surface area contributed by atoms with Crippen molar-refractivity contribution in [3.05, 3.63) is 58.9 Å². The van der Waals surface area contributed by atoms with Gasteiger partial charge in [0.25, 0.3) is 0 Å². The van der Waals surface area contributed by atoms with Crippen LogP contribution in [0, 0.1) is 23.4 Å². The van der Waals surface area contributed by atoms with E-state index in [-0.39, 0.29) is 30.8 Å². The molecule has 0 radical (unpaired) electrons. The second-order valence-electron chi connectivity index (χ2n) is 7.98. The van der Waals surface area contributed by atoms with Gasteiger partial charge in [0.15, 0.2) is 17.9 Å². The Morgan fingerprint density at radius 3 is 2.03 bits per heavy atom. The molecule has 1 aliphatic heterocycles. The lowest BCUT2D eigenvalue weighted by Crippen LogP contribution is -2.28. The maximum absolute atomic E-state index is 14.5. The van der Waals surface area contributed by atoms with Crippen LogP contribution in [0.1, 0.15) is 50.0 Å². The Balaban J connectivity index is 1.71. The summed E-state index contributed by atoms with van der Waals surface area (Å²) < 4.78 is 127. The molecule has 0 amide bonds. The smallest absolute Gasteiger partial charge is 0.429 e. The number of alkyl halides is 5. The number of halogens is 8. The molecule has 0 atom stereocenters. The fourth-order valence-corrected chi connectivity index (χ4v) is 3.54. The van der Waals surface area contributed by atoms with Crippen molar-refractivity contribution in [1.82, 2.24) is 0 Å². The van der Waals surface area contributed by atoms with Crippen molar-refractivity contribution in [1.29, 1.82) is 0 Å². The van der Waals surface area contributed by atoms with Crippen LogP contribution in [0.15, 0.2) is 30.3 Å². The summed E-state index contributed by atoms with van der Waals surface area (Å²) in [5, 5.41) is 0. The molecule has 194 valence electrons. The molecule has 0 unspecified atom stereocenters. The molecule has 0 saturated carbocycles. The van der Waals surface area contributed by atoms with E-state index in [1.807, 2.05) is 0 Å². The quantitative estimate of drug-likeness (QED) is 0.259. The van der Waals surface area contributed by atoms with Crippen molar-refractivity contribution in [2.45, 2.75) is 51.4 Å². The first-order valence-corrected chi connectivity index (χ1v) is 10.7. The molecule has 12 heteroatoms. The van der Waals surface area contributed by atoms with Gasteiger partial charge in [0.2, 0.25) is 0 Å². The van der Waals surface area contributed by atoms with Crippen LogP contribution >= 0.6 is 0 Å². The van der Waals surface area contributed by atoms with Crippen molar-refractivity contribution in [3.8, 4) is 11.5 Å². The van der Waals surface area contributed by atoms with Crippen LogP contribution in [0.2, 0.25) is 0 Å². The van der Waals surface area contributed by atoms with Gasteiger partial charge in [-0.25, -0.2) is 13.2 Å². The first kappa shape index (κ1) is 27.0. The minimum Gasteiger partial charge on any atom is -0.429 e. The second-order valence-corrected chi connectivity index (χ2v) is 7.98. The monoisotopic (exact) mass is 514 g/mol. The van der Waals surface area contributed by atoms with Crippen molar-refractivity contribution < 1.29 is 54.1 Å². The summed E-state index contributed by atoms with van der Waals surface area (Å²) in [6, 6.07) is 2.30. The van der Waals surface area contributed by atoms with Gasteiger partial charge in [0.1, 0.15) is 22.9 Å². The molecule has 0 N–H and O–H groups in total. The van der Waals surface area contributed by atoms with E-state index in [0.717, 1.165) is 25.7 Å². The summed E-state index contributed by atoms with van der Waals surface area (Å²) >= 11 is 0. The Morgan fingerprint density at radius 1 is 0.857 bits per heavy atom. The molecular weight excluding hydrogens is 492 g/mol. The fourth-order valence-electron chi connectivity index (χ4n) is 3.54. The summed E-state index contributed by atoms with van der Waals surface area (Å²) in [5.41, 5.74) is -1.93. The number of benzene rings is 2. The largest absolute Gasteiger partial charge is 0.573 e. The van der Waals surface area contributed by atoms with Gasteiger partial charge >= 0.3 is 12.5 Å². The zero-order chi connectivity index (χ0) is 25.8. The number of rotatable bonds is 9. The SMILES string of the molecule is CCCCCC1COC(c2cc(F)c(C(F)(F)Oc3ccc(OC(F)(F)F)c(F)c3)c(F)c2)OC1. The Kier molecular flexibility index (Phi) is 8.47. The number of ether oxygens (including phenoxy) is 4. The zero-order valence-electron chi connectivity index (χ0n) is 18.4. The van der Waals surface area contributed by atoms with Crippen molar-refractivity contribution in [3.63, 3.8) is 0 Å². The van der Waals surface area contributed by atoms with Crippen LogP contribution in [0.5, 0.6) is 11.5 Å². The summed E-state index contributed by atoms with van der Waals surface area (Å²) in [4.78, 5) is 0. The van der Waals surface area contributed by atoms with E-state index in [1.165, 1.54) is 0 Å². The summed E-state index contributed by atoms with van der Waals surface area (Å²) in [6.45, 7) is 2.61. The van der Waals surface area contributed by atoms with E-state index in [4.69, 9.17) is 9.47 Å². The van der Waals surface area contributed by atoms with Gasteiger partial charge in [-0.2, -0.15) is 8.78 Å². The highest BCUT2D eigenvalue weighted by molar-refractivity contribution is 5.35. The highest BCUT2D eigenvalue weighted by Crippen LogP contribution is 2.38. The standard InChI is InChI=1S/C23H22F8O4/c1-2-3-4-5-13-11-32-21(33-12-13)14-8-17(25)20(18(26)9-14)22(27,28)34-15-6-7-19(16(24)10-15)35-23(29,30)31/h6-10,13,21H,2-5,11-12H2,1H3. The molecule has 0 spiro atoms. The lowest BCUT2D eigenvalue weighted by molar-refractivity contribution is -0.275. The average Bonchev–Trinajstić information content (AvgIpc) is 2.74. The number of hydrogen-bond acceptors (Lipinski definition) is 4. The van der Waals surface area contributed by atoms with E-state index < -0.39 is 53.3 Å². The van der Waals surface area contributed by atoms with Crippen LogP contribution in [0.4, 0.5) is 35.1 Å². The van der Waals surface area contributed by atoms with Crippen molar-refractivity contribution in [2.24, 2.45) is 5.92 Å². The molecule has 3 rings (SSSR count). The molecule has 1 saturated heterocycles. The van der Waals surface area contributed by atoms with Gasteiger partial charge in [-0.3, -0.25) is 0 Å².